The third-order valence-corrected chi connectivity index (χ3v) is 4.36. The van der Waals surface area contributed by atoms with Gasteiger partial charge in [0, 0.05) is 24.4 Å². The van der Waals surface area contributed by atoms with Crippen LogP contribution >= 0.6 is 0 Å². The van der Waals surface area contributed by atoms with E-state index >= 15 is 0 Å². The maximum Gasteiger partial charge on any atom is 0.307 e. The molecule has 0 unspecified atom stereocenters. The highest BCUT2D eigenvalue weighted by atomic mass is 16.5. The number of carboxylic acids is 1. The van der Waals surface area contributed by atoms with Gasteiger partial charge in [-0.1, -0.05) is 32.9 Å². The molecule has 1 aromatic heterocycles. The van der Waals surface area contributed by atoms with E-state index in [1.165, 1.54) is 0 Å². The largest absolute Gasteiger partial charge is 0.493 e. The fourth-order valence-corrected chi connectivity index (χ4v) is 3.13. The van der Waals surface area contributed by atoms with Crippen molar-refractivity contribution in [3.63, 3.8) is 0 Å². The van der Waals surface area contributed by atoms with E-state index in [1.54, 1.807) is 18.2 Å². The van der Waals surface area contributed by atoms with Gasteiger partial charge in [0.15, 0.2) is 0 Å². The van der Waals surface area contributed by atoms with Gasteiger partial charge in [0.05, 0.1) is 19.2 Å². The molecule has 0 bridgehead atoms. The molecule has 1 heterocycles. The number of aliphatic carboxylic acids is 1. The van der Waals surface area contributed by atoms with Gasteiger partial charge in [0.2, 0.25) is 0 Å². The maximum atomic E-state index is 11.1. The molecule has 0 spiro atoms. The van der Waals surface area contributed by atoms with Gasteiger partial charge < -0.3 is 14.6 Å². The minimum absolute atomic E-state index is 0.0885. The summed E-state index contributed by atoms with van der Waals surface area (Å²) in [5.41, 5.74) is 2.66. The topological polar surface area (TPSA) is 73.6 Å². The Hall–Kier alpha value is -3.28. The van der Waals surface area contributed by atoms with E-state index < -0.39 is 5.97 Å². The van der Waals surface area contributed by atoms with Gasteiger partial charge >= 0.3 is 5.97 Å². The van der Waals surface area contributed by atoms with Crippen molar-refractivity contribution < 1.29 is 19.4 Å². The van der Waals surface area contributed by atoms with Gasteiger partial charge in [-0.2, -0.15) is 5.10 Å². The molecule has 0 aliphatic heterocycles. The molecule has 0 aliphatic carbocycles. The van der Waals surface area contributed by atoms with Crippen LogP contribution in [0, 0.1) is 5.92 Å². The average molecular weight is 408 g/mol. The van der Waals surface area contributed by atoms with E-state index in [9.17, 15) is 4.79 Å². The van der Waals surface area contributed by atoms with Crippen LogP contribution in [0.15, 0.2) is 54.9 Å². The molecule has 3 aromatic rings. The Morgan fingerprint density at radius 2 is 1.90 bits per heavy atom. The predicted octanol–water partition coefficient (Wildman–Crippen LogP) is 5.41. The molecule has 0 atom stereocenters. The zero-order valence-electron chi connectivity index (χ0n) is 17.7. The molecule has 0 radical (unpaired) electrons. The molecule has 1 N–H and O–H groups in total. The SMILES string of the molecule is CCCOc1cc(CC(=O)O)cc(Oc2cccc(-c3cnn(CC(C)C)c3)c2)c1. The normalized spacial score (nSPS) is 10.9. The van der Waals surface area contributed by atoms with E-state index in [0.29, 0.717) is 35.3 Å². The van der Waals surface area contributed by atoms with Crippen LogP contribution in [0.25, 0.3) is 11.1 Å². The second-order valence-electron chi connectivity index (χ2n) is 7.71. The van der Waals surface area contributed by atoms with Crippen LogP contribution in [0.1, 0.15) is 32.8 Å². The van der Waals surface area contributed by atoms with E-state index in [-0.39, 0.29) is 6.42 Å². The maximum absolute atomic E-state index is 11.1. The minimum atomic E-state index is -0.894. The van der Waals surface area contributed by atoms with E-state index in [4.69, 9.17) is 14.6 Å². The zero-order valence-corrected chi connectivity index (χ0v) is 17.7. The van der Waals surface area contributed by atoms with Gasteiger partial charge in [-0.05, 0) is 47.7 Å². The van der Waals surface area contributed by atoms with Crippen molar-refractivity contribution in [2.24, 2.45) is 5.92 Å². The molecule has 3 rings (SSSR count). The molecular formula is C24H28N2O4. The van der Waals surface area contributed by atoms with Crippen LogP contribution in [-0.4, -0.2) is 27.5 Å². The van der Waals surface area contributed by atoms with Crippen LogP contribution in [-0.2, 0) is 17.8 Å². The first-order valence-corrected chi connectivity index (χ1v) is 10.2. The third kappa shape index (κ3) is 6.11. The summed E-state index contributed by atoms with van der Waals surface area (Å²) in [5.74, 6) is 1.45. The highest BCUT2D eigenvalue weighted by Gasteiger charge is 2.09. The zero-order chi connectivity index (χ0) is 21.5. The van der Waals surface area contributed by atoms with Gasteiger partial charge in [-0.25, -0.2) is 0 Å². The Labute approximate surface area is 177 Å². The highest BCUT2D eigenvalue weighted by Crippen LogP contribution is 2.30. The molecule has 0 aliphatic rings. The lowest BCUT2D eigenvalue weighted by Crippen LogP contribution is -2.03. The van der Waals surface area contributed by atoms with Gasteiger partial charge in [0.25, 0.3) is 0 Å². The Morgan fingerprint density at radius 3 is 2.63 bits per heavy atom. The summed E-state index contributed by atoms with van der Waals surface area (Å²) in [6, 6.07) is 13.0. The first-order valence-electron chi connectivity index (χ1n) is 10.2. The number of hydrogen-bond acceptors (Lipinski definition) is 4. The number of ether oxygens (including phenoxy) is 2. The van der Waals surface area contributed by atoms with Crippen molar-refractivity contribution in [2.45, 2.75) is 40.2 Å². The molecule has 158 valence electrons. The first kappa shape index (κ1) is 21.4. The van der Waals surface area contributed by atoms with Crippen molar-refractivity contribution in [3.05, 3.63) is 60.4 Å². The Morgan fingerprint density at radius 1 is 1.10 bits per heavy atom. The monoisotopic (exact) mass is 408 g/mol. The molecule has 30 heavy (non-hydrogen) atoms. The van der Waals surface area contributed by atoms with E-state index in [0.717, 1.165) is 24.1 Å². The third-order valence-electron chi connectivity index (χ3n) is 4.36. The molecule has 0 amide bonds. The van der Waals surface area contributed by atoms with Gasteiger partial charge in [-0.3, -0.25) is 9.48 Å². The molecule has 0 saturated carbocycles. The molecule has 0 saturated heterocycles. The number of aromatic nitrogens is 2. The molecule has 0 fully saturated rings. The Kier molecular flexibility index (Phi) is 7.12. The van der Waals surface area contributed by atoms with Crippen LogP contribution < -0.4 is 9.47 Å². The summed E-state index contributed by atoms with van der Waals surface area (Å²) < 4.78 is 13.7. The summed E-state index contributed by atoms with van der Waals surface area (Å²) in [4.78, 5) is 11.1. The molecule has 2 aromatic carbocycles. The lowest BCUT2D eigenvalue weighted by molar-refractivity contribution is -0.136. The Bertz CT molecular complexity index is 994. The molecular weight excluding hydrogens is 380 g/mol. The summed E-state index contributed by atoms with van der Waals surface area (Å²) in [6.07, 6.45) is 4.66. The van der Waals surface area contributed by atoms with Crippen molar-refractivity contribution in [1.29, 1.82) is 0 Å². The van der Waals surface area contributed by atoms with Crippen molar-refractivity contribution in [3.8, 4) is 28.4 Å². The number of hydrogen-bond donors (Lipinski definition) is 1. The van der Waals surface area contributed by atoms with Gasteiger partial charge in [-0.15, -0.1) is 0 Å². The van der Waals surface area contributed by atoms with Gasteiger partial charge in [0.1, 0.15) is 17.2 Å². The number of benzene rings is 2. The number of carboxylic acid groups (broad SMARTS) is 1. The lowest BCUT2D eigenvalue weighted by atomic mass is 10.1. The number of rotatable bonds is 10. The average Bonchev–Trinajstić information content (AvgIpc) is 3.14. The second-order valence-corrected chi connectivity index (χ2v) is 7.71. The molecule has 6 nitrogen and oxygen atoms in total. The van der Waals surface area contributed by atoms with Crippen LogP contribution in [0.5, 0.6) is 17.2 Å². The fraction of sp³-hybridized carbons (Fsp3) is 0.333. The quantitative estimate of drug-likeness (QED) is 0.485. The lowest BCUT2D eigenvalue weighted by Gasteiger charge is -2.12. The van der Waals surface area contributed by atoms with Crippen molar-refractivity contribution in [1.82, 2.24) is 9.78 Å². The smallest absolute Gasteiger partial charge is 0.307 e. The summed E-state index contributed by atoms with van der Waals surface area (Å²) in [6.45, 7) is 7.77. The minimum Gasteiger partial charge on any atom is -0.493 e. The molecule has 6 heteroatoms. The highest BCUT2D eigenvalue weighted by molar-refractivity contribution is 5.70. The van der Waals surface area contributed by atoms with Crippen molar-refractivity contribution >= 4 is 5.97 Å². The second kappa shape index (κ2) is 9.96. The number of nitrogens with zero attached hydrogens (tertiary/aromatic N) is 2. The predicted molar refractivity (Wildman–Crippen MR) is 116 cm³/mol. The van der Waals surface area contributed by atoms with Crippen molar-refractivity contribution in [2.75, 3.05) is 6.61 Å². The van der Waals surface area contributed by atoms with Crippen LogP contribution in [0.4, 0.5) is 0 Å². The van der Waals surface area contributed by atoms with E-state index in [1.807, 2.05) is 48.3 Å². The number of carbonyl (C=O) groups is 1. The standard InChI is InChI=1S/C24H28N2O4/c1-4-8-29-22-9-18(11-24(27)28)10-23(13-22)30-21-7-5-6-19(12-21)20-14-25-26(16-20)15-17(2)3/h5-7,9-10,12-14,16-17H,4,8,11,15H2,1-3H3,(H,27,28). The van der Waals surface area contributed by atoms with Crippen LogP contribution in [0.2, 0.25) is 0 Å². The Balaban J connectivity index is 1.82. The first-order chi connectivity index (χ1) is 14.4. The van der Waals surface area contributed by atoms with E-state index in [2.05, 4.69) is 18.9 Å². The van der Waals surface area contributed by atoms with Crippen LogP contribution in [0.3, 0.4) is 0 Å². The summed E-state index contributed by atoms with van der Waals surface area (Å²) in [7, 11) is 0. The summed E-state index contributed by atoms with van der Waals surface area (Å²) >= 11 is 0. The fourth-order valence-electron chi connectivity index (χ4n) is 3.13. The summed E-state index contributed by atoms with van der Waals surface area (Å²) in [5, 5.41) is 13.6.